The van der Waals surface area contributed by atoms with E-state index >= 15 is 0 Å². The van der Waals surface area contributed by atoms with Crippen molar-refractivity contribution < 1.29 is 18.5 Å². The molecule has 3 rings (SSSR count). The van der Waals surface area contributed by atoms with Gasteiger partial charge in [0.1, 0.15) is 0 Å². The summed E-state index contributed by atoms with van der Waals surface area (Å²) in [4.78, 5) is 14.1. The Kier molecular flexibility index (Phi) is 13.3. The van der Waals surface area contributed by atoms with Gasteiger partial charge in [0.25, 0.3) is 5.91 Å². The predicted octanol–water partition coefficient (Wildman–Crippen LogP) is 8.86. The number of carbonyl (C=O) groups is 1. The minimum Gasteiger partial charge on any atom is -0.491 e. The average Bonchev–Trinajstić information content (AvgIpc) is 3.33. The molecular weight excluding hydrogens is 495 g/mol. The second-order valence-electron chi connectivity index (χ2n) is 10.1. The number of ether oxygens (including phenoxy) is 1. The third-order valence-electron chi connectivity index (χ3n) is 6.79. The Morgan fingerprint density at radius 3 is 2.21 bits per heavy atom. The molecule has 0 radical (unpaired) electrons. The van der Waals surface area contributed by atoms with Crippen molar-refractivity contribution in [1.82, 2.24) is 0 Å². The van der Waals surface area contributed by atoms with E-state index in [1.165, 1.54) is 75.2 Å². The minimum absolute atomic E-state index is 0.203. The van der Waals surface area contributed by atoms with E-state index in [1.54, 1.807) is 23.5 Å². The molecule has 0 atom stereocenters. The summed E-state index contributed by atoms with van der Waals surface area (Å²) in [7, 11) is 0. The van der Waals surface area contributed by atoms with Crippen LogP contribution in [0, 0.1) is 12.7 Å². The largest absolute Gasteiger partial charge is 0.491 e. The van der Waals surface area contributed by atoms with Gasteiger partial charge in [-0.1, -0.05) is 107 Å². The number of unbranched alkanes of at least 4 members (excludes halogenated alkanes) is 11. The van der Waals surface area contributed by atoms with Crippen LogP contribution in [0.5, 0.6) is 5.75 Å². The molecule has 1 amide bonds. The summed E-state index contributed by atoms with van der Waals surface area (Å²) in [5.41, 5.74) is 4.04. The van der Waals surface area contributed by atoms with E-state index < -0.39 is 5.82 Å². The molecule has 1 N–H and O–H groups in total. The van der Waals surface area contributed by atoms with Crippen molar-refractivity contribution in [3.8, 4) is 5.75 Å². The number of benzene rings is 2. The number of hydrogen-bond acceptors (Lipinski definition) is 3. The van der Waals surface area contributed by atoms with Crippen LogP contribution < -0.4 is 14.6 Å². The van der Waals surface area contributed by atoms with Gasteiger partial charge < -0.3 is 10.1 Å². The molecular formula is C32H44FN2O2S+. The number of aryl methyl sites for hydroxylation is 1. The van der Waals surface area contributed by atoms with Gasteiger partial charge in [-0.05, 0) is 37.6 Å². The van der Waals surface area contributed by atoms with Gasteiger partial charge in [0, 0.05) is 11.1 Å². The number of nitrogens with zero attached hydrogens (tertiary/aromatic N) is 1. The summed E-state index contributed by atoms with van der Waals surface area (Å²) in [5, 5.41) is 2.94. The lowest BCUT2D eigenvalue weighted by Crippen LogP contribution is -2.31. The highest BCUT2D eigenvalue weighted by Crippen LogP contribution is 2.21. The Labute approximate surface area is 232 Å². The molecule has 38 heavy (non-hydrogen) atoms. The van der Waals surface area contributed by atoms with Crippen molar-refractivity contribution in [3.05, 3.63) is 76.0 Å². The summed E-state index contributed by atoms with van der Waals surface area (Å²) in [6, 6.07) is 12.1. The van der Waals surface area contributed by atoms with Gasteiger partial charge in [-0.15, -0.1) is 0 Å². The first-order valence-electron chi connectivity index (χ1n) is 14.3. The molecule has 0 aliphatic heterocycles. The number of carbonyl (C=O) groups excluding carboxylic acids is 1. The monoisotopic (exact) mass is 539 g/mol. The van der Waals surface area contributed by atoms with Gasteiger partial charge in [0.05, 0.1) is 17.2 Å². The third kappa shape index (κ3) is 10.6. The molecule has 0 unspecified atom stereocenters. The molecule has 0 saturated heterocycles. The Morgan fingerprint density at radius 2 is 1.58 bits per heavy atom. The van der Waals surface area contributed by atoms with Gasteiger partial charge in [0.2, 0.25) is 5.51 Å². The average molecular weight is 540 g/mol. The third-order valence-corrected chi connectivity index (χ3v) is 7.64. The van der Waals surface area contributed by atoms with Gasteiger partial charge in [0.15, 0.2) is 24.3 Å². The zero-order valence-corrected chi connectivity index (χ0v) is 24.0. The molecule has 3 aromatic rings. The molecule has 0 saturated carbocycles. The first-order chi connectivity index (χ1) is 18.6. The highest BCUT2D eigenvalue weighted by Gasteiger charge is 2.15. The molecule has 4 nitrogen and oxygen atoms in total. The maximum absolute atomic E-state index is 14.7. The number of thiazole rings is 1. The van der Waals surface area contributed by atoms with E-state index in [-0.39, 0.29) is 17.2 Å². The lowest BCUT2D eigenvalue weighted by Gasteiger charge is -2.11. The van der Waals surface area contributed by atoms with Gasteiger partial charge in [-0.2, -0.15) is 4.57 Å². The number of hydrogen-bond donors (Lipinski definition) is 1. The highest BCUT2D eigenvalue weighted by atomic mass is 32.1. The van der Waals surface area contributed by atoms with Crippen LogP contribution in [-0.2, 0) is 6.54 Å². The number of nitrogens with one attached hydrogen (secondary N) is 1. The second kappa shape index (κ2) is 17.0. The van der Waals surface area contributed by atoms with E-state index in [1.807, 2.05) is 24.3 Å². The first-order valence-corrected chi connectivity index (χ1v) is 15.2. The van der Waals surface area contributed by atoms with Crippen molar-refractivity contribution in [3.63, 3.8) is 0 Å². The Hall–Kier alpha value is -2.73. The van der Waals surface area contributed by atoms with Crippen molar-refractivity contribution >= 4 is 22.9 Å². The summed E-state index contributed by atoms with van der Waals surface area (Å²) in [6.45, 7) is 5.47. The maximum atomic E-state index is 14.7. The molecule has 206 valence electrons. The summed E-state index contributed by atoms with van der Waals surface area (Å²) in [5.74, 6) is -0.640. The zero-order valence-electron chi connectivity index (χ0n) is 23.1. The van der Waals surface area contributed by atoms with Crippen LogP contribution >= 0.6 is 11.3 Å². The fraction of sp³-hybridized carbons (Fsp3) is 0.500. The predicted molar refractivity (Wildman–Crippen MR) is 156 cm³/mol. The van der Waals surface area contributed by atoms with Crippen LogP contribution in [-0.4, -0.2) is 12.5 Å². The van der Waals surface area contributed by atoms with Crippen LogP contribution in [0.2, 0.25) is 0 Å². The molecule has 0 aliphatic carbocycles. The van der Waals surface area contributed by atoms with Crippen molar-refractivity contribution in [2.45, 2.75) is 97.4 Å². The van der Waals surface area contributed by atoms with Crippen molar-refractivity contribution in [2.75, 3.05) is 11.9 Å². The molecule has 1 aromatic heterocycles. The molecule has 0 aliphatic rings. The van der Waals surface area contributed by atoms with Crippen LogP contribution in [0.3, 0.4) is 0 Å². The Bertz CT molecular complexity index is 1110. The molecule has 2 aromatic carbocycles. The van der Waals surface area contributed by atoms with Crippen LogP contribution in [0.15, 0.2) is 54.2 Å². The lowest BCUT2D eigenvalue weighted by atomic mass is 10.1. The van der Waals surface area contributed by atoms with Gasteiger partial charge in [-0.25, -0.2) is 4.39 Å². The van der Waals surface area contributed by atoms with Crippen molar-refractivity contribution in [1.29, 1.82) is 0 Å². The summed E-state index contributed by atoms with van der Waals surface area (Å²) < 4.78 is 22.4. The van der Waals surface area contributed by atoms with Gasteiger partial charge >= 0.3 is 0 Å². The standard InChI is InChI=1S/C32H43FN2O2S/c1-3-4-5-6-7-8-9-10-11-12-13-16-21-37-31-20-19-27(22-29(31)33)32(36)34-30-18-15-14-17-28(30)24-35-23-26(2)38-25-35/h14-15,17-20,22-23,25H,3-13,16,21,24H2,1-2H3/p+1. The van der Waals surface area contributed by atoms with E-state index in [0.717, 1.165) is 24.1 Å². The fourth-order valence-corrected chi connectivity index (χ4v) is 5.22. The number of aromatic nitrogens is 1. The number of amides is 1. The highest BCUT2D eigenvalue weighted by molar-refractivity contribution is 7.09. The SMILES string of the molecule is CCCCCCCCCCCCCCOc1ccc(C(=O)Nc2ccccc2C[n+]2csc(C)c2)cc1F. The van der Waals surface area contributed by atoms with E-state index in [9.17, 15) is 9.18 Å². The molecule has 6 heteroatoms. The lowest BCUT2D eigenvalue weighted by molar-refractivity contribution is -0.683. The summed E-state index contributed by atoms with van der Waals surface area (Å²) in [6.07, 6.45) is 17.4. The summed E-state index contributed by atoms with van der Waals surface area (Å²) >= 11 is 1.68. The zero-order chi connectivity index (χ0) is 27.0. The number of para-hydroxylation sites is 1. The molecule has 0 fully saturated rings. The second-order valence-corrected chi connectivity index (χ2v) is 11.2. The fourth-order valence-electron chi connectivity index (χ4n) is 4.58. The molecule has 1 heterocycles. The van der Waals surface area contributed by atoms with Crippen LogP contribution in [0.25, 0.3) is 0 Å². The minimum atomic E-state index is -0.505. The first kappa shape index (κ1) is 29.8. The number of halogens is 1. The van der Waals surface area contributed by atoms with Crippen LogP contribution in [0.4, 0.5) is 10.1 Å². The van der Waals surface area contributed by atoms with E-state index in [2.05, 4.69) is 35.4 Å². The Morgan fingerprint density at radius 1 is 0.921 bits per heavy atom. The topological polar surface area (TPSA) is 42.2 Å². The Balaban J connectivity index is 1.36. The van der Waals surface area contributed by atoms with Crippen LogP contribution in [0.1, 0.15) is 105 Å². The quantitative estimate of drug-likeness (QED) is 0.130. The number of anilines is 1. The number of rotatable bonds is 18. The maximum Gasteiger partial charge on any atom is 0.255 e. The normalized spacial score (nSPS) is 11.0. The van der Waals surface area contributed by atoms with Crippen molar-refractivity contribution in [2.24, 2.45) is 0 Å². The molecule has 0 bridgehead atoms. The van der Waals surface area contributed by atoms with Gasteiger partial charge in [-0.3, -0.25) is 4.79 Å². The molecule has 0 spiro atoms. The smallest absolute Gasteiger partial charge is 0.255 e. The van der Waals surface area contributed by atoms with E-state index in [0.29, 0.717) is 13.2 Å². The van der Waals surface area contributed by atoms with E-state index in [4.69, 9.17) is 4.74 Å².